The summed E-state index contributed by atoms with van der Waals surface area (Å²) < 4.78 is 14.9. The van der Waals surface area contributed by atoms with Gasteiger partial charge in [0, 0.05) is 57.9 Å². The second kappa shape index (κ2) is 39.6. The Bertz CT molecular complexity index is 3280. The number of amides is 7. The molecule has 0 bridgehead atoms. The van der Waals surface area contributed by atoms with Gasteiger partial charge in [0.1, 0.15) is 16.8 Å². The maximum atomic E-state index is 12.0. The van der Waals surface area contributed by atoms with E-state index in [9.17, 15) is 63.4 Å². The zero-order valence-electron chi connectivity index (χ0n) is 51.3. The van der Waals surface area contributed by atoms with Crippen molar-refractivity contribution < 1.29 is 72.3 Å². The standard InChI is InChI=1S/C15H14N4O4.2C13H18N2O3.C7H5ClO.C7H6N2O4.C6H14N2O2/c16-13-7-6-11(19(22)23)8-12(13)15(21)18-9-17-14(20)10-4-2-1-3-5-10;2*1-13(2,3)18-12(17)15-9-14-11(16)10-7-5-4-6-8-10;8-7(9)6-4-2-1-3-5-6;8-6-2-1-4(9(12)13)3-5(6)7(10)11;1-6(2,3)10-5(9)8-4-7/h1-8H,9,16H2,(H,17,20)(H,18,21);2*4-8H,9H2,1-3H3,(H,14,16)(H,15,17);1-5H;1-3H,8H2,(H,10,11);4,7H2,1-3H3,(H,8,9). The predicted octanol–water partition coefficient (Wildman–Crippen LogP) is 8.46. The number of carboxylic acid groups (broad SMARTS) is 1. The smallest absolute Gasteiger partial charge is 0.409 e. The zero-order chi connectivity index (χ0) is 68.9. The third-order valence-electron chi connectivity index (χ3n) is 9.98. The maximum Gasteiger partial charge on any atom is 0.409 e. The molecule has 14 N–H and O–H groups in total. The lowest BCUT2D eigenvalue weighted by molar-refractivity contribution is -0.385. The summed E-state index contributed by atoms with van der Waals surface area (Å²) in [4.78, 5) is 121. The monoisotopic (exact) mass is 1280 g/mol. The van der Waals surface area contributed by atoms with Gasteiger partial charge >= 0.3 is 24.2 Å². The van der Waals surface area contributed by atoms with Crippen molar-refractivity contribution in [3.63, 3.8) is 0 Å². The topological polar surface area (TPSA) is 450 Å². The molecule has 0 saturated heterocycles. The Morgan fingerprint density at radius 3 is 0.978 bits per heavy atom. The van der Waals surface area contributed by atoms with Crippen LogP contribution in [0.2, 0.25) is 0 Å². The molecule has 0 aliphatic rings. The molecule has 488 valence electrons. The Labute approximate surface area is 529 Å². The van der Waals surface area contributed by atoms with Gasteiger partial charge in [0.25, 0.3) is 40.2 Å². The number of benzene rings is 6. The van der Waals surface area contributed by atoms with Crippen LogP contribution in [0.4, 0.5) is 37.1 Å². The van der Waals surface area contributed by atoms with E-state index in [-0.39, 0.29) is 78.3 Å². The molecule has 0 atom stereocenters. The molecule has 0 fully saturated rings. The molecule has 0 radical (unpaired) electrons. The van der Waals surface area contributed by atoms with Crippen LogP contribution < -0.4 is 54.4 Å². The summed E-state index contributed by atoms with van der Waals surface area (Å²) in [5.74, 6) is -2.73. The van der Waals surface area contributed by atoms with Gasteiger partial charge in [0.05, 0.1) is 47.6 Å². The van der Waals surface area contributed by atoms with Crippen LogP contribution in [0.25, 0.3) is 0 Å². The fraction of sp³-hybridized carbons (Fsp3) is 0.262. The van der Waals surface area contributed by atoms with Gasteiger partial charge < -0.3 is 73.7 Å². The summed E-state index contributed by atoms with van der Waals surface area (Å²) >= 11 is 5.16. The number of carboxylic acids is 1. The molecule has 0 aliphatic heterocycles. The molecule has 29 nitrogen and oxygen atoms in total. The van der Waals surface area contributed by atoms with Gasteiger partial charge in [-0.1, -0.05) is 84.9 Å². The predicted molar refractivity (Wildman–Crippen MR) is 340 cm³/mol. The molecule has 0 spiro atoms. The molecule has 91 heavy (non-hydrogen) atoms. The summed E-state index contributed by atoms with van der Waals surface area (Å²) in [6.07, 6.45) is -1.60. The highest BCUT2D eigenvalue weighted by molar-refractivity contribution is 6.67. The first-order valence-electron chi connectivity index (χ1n) is 27.0. The number of nitro benzene ring substituents is 2. The number of nitrogen functional groups attached to an aromatic ring is 2. The minimum Gasteiger partial charge on any atom is -0.478 e. The number of nitro groups is 2. The fourth-order valence-corrected chi connectivity index (χ4v) is 6.19. The third kappa shape index (κ3) is 35.3. The maximum absolute atomic E-state index is 12.0. The molecule has 0 heterocycles. The minimum absolute atomic E-state index is 0.0121. The molecular weight excluding hydrogens is 1210 g/mol. The number of hydrogen-bond acceptors (Lipinski definition) is 19. The van der Waals surface area contributed by atoms with E-state index >= 15 is 0 Å². The number of anilines is 2. The average Bonchev–Trinajstić information content (AvgIpc) is 1.73. The van der Waals surface area contributed by atoms with Crippen molar-refractivity contribution in [3.05, 3.63) is 211 Å². The highest BCUT2D eigenvalue weighted by Gasteiger charge is 2.19. The fourth-order valence-electron chi connectivity index (χ4n) is 6.06. The number of halogens is 1. The van der Waals surface area contributed by atoms with Crippen LogP contribution in [0.15, 0.2) is 158 Å². The molecule has 0 aliphatic carbocycles. The number of nitrogens with zero attached hydrogens (tertiary/aromatic N) is 2. The molecule has 30 heteroatoms. The van der Waals surface area contributed by atoms with Gasteiger partial charge in [0.2, 0.25) is 0 Å². The van der Waals surface area contributed by atoms with Crippen molar-refractivity contribution in [2.75, 3.05) is 38.1 Å². The summed E-state index contributed by atoms with van der Waals surface area (Å²) in [6.45, 7) is 16.1. The summed E-state index contributed by atoms with van der Waals surface area (Å²) in [5, 5.41) is 46.4. The van der Waals surface area contributed by atoms with E-state index in [1.807, 2.05) is 18.2 Å². The molecular formula is C61H75ClN12O17. The van der Waals surface area contributed by atoms with Crippen LogP contribution in [0.5, 0.6) is 0 Å². The molecule has 0 unspecified atom stereocenters. The first-order chi connectivity index (χ1) is 42.5. The third-order valence-corrected chi connectivity index (χ3v) is 10.2. The van der Waals surface area contributed by atoms with E-state index in [1.165, 1.54) is 18.2 Å². The van der Waals surface area contributed by atoms with E-state index in [2.05, 4.69) is 37.2 Å². The summed E-state index contributed by atoms with van der Waals surface area (Å²) in [5.41, 5.74) is 15.8. The normalized spacial score (nSPS) is 10.1. The van der Waals surface area contributed by atoms with Gasteiger partial charge in [-0.05, 0) is 122 Å². The van der Waals surface area contributed by atoms with E-state index in [0.717, 1.165) is 18.2 Å². The van der Waals surface area contributed by atoms with Crippen molar-refractivity contribution >= 4 is 87.5 Å². The van der Waals surface area contributed by atoms with E-state index in [0.29, 0.717) is 22.3 Å². The van der Waals surface area contributed by atoms with Crippen molar-refractivity contribution in [3.8, 4) is 0 Å². The number of alkyl carbamates (subject to hydrolysis) is 3. The lowest BCUT2D eigenvalue weighted by Crippen LogP contribution is -2.40. The molecule has 6 aromatic rings. The number of nitrogens with one attached hydrogen (secondary N) is 7. The van der Waals surface area contributed by atoms with Crippen molar-refractivity contribution in [2.24, 2.45) is 5.73 Å². The van der Waals surface area contributed by atoms with Crippen LogP contribution in [-0.2, 0) is 14.2 Å². The van der Waals surface area contributed by atoms with Crippen molar-refractivity contribution in [2.45, 2.75) is 79.1 Å². The first-order valence-corrected chi connectivity index (χ1v) is 27.4. The van der Waals surface area contributed by atoms with Crippen molar-refractivity contribution in [1.82, 2.24) is 37.2 Å². The Hall–Kier alpha value is -11.2. The average molecular weight is 1280 g/mol. The van der Waals surface area contributed by atoms with Crippen molar-refractivity contribution in [1.29, 1.82) is 0 Å². The Balaban J connectivity index is 0.000000561. The summed E-state index contributed by atoms with van der Waals surface area (Å²) in [7, 11) is 0. The SMILES string of the molecule is CC(C)(C)OC(=O)NCN.CC(C)(C)OC(=O)NCNC(=O)c1ccccc1.CC(C)(C)OC(=O)NCNC(=O)c1ccccc1.Nc1ccc([N+](=O)[O-])cc1C(=O)NCNC(=O)c1ccccc1.Nc1ccc([N+](=O)[O-])cc1C(=O)O.O=C(Cl)c1ccccc1. The minimum atomic E-state index is -1.28. The Kier molecular flexibility index (Phi) is 33.8. The number of non-ortho nitro benzene ring substituents is 2. The number of nitrogens with two attached hydrogens (primary N) is 3. The van der Waals surface area contributed by atoms with Gasteiger partial charge in [-0.15, -0.1) is 0 Å². The molecule has 0 saturated carbocycles. The van der Waals surface area contributed by atoms with Crippen LogP contribution >= 0.6 is 11.6 Å². The molecule has 0 aromatic heterocycles. The number of carbonyl (C=O) groups excluding carboxylic acids is 8. The van der Waals surface area contributed by atoms with E-state index in [1.54, 1.807) is 165 Å². The molecule has 6 aromatic carbocycles. The highest BCUT2D eigenvalue weighted by Crippen LogP contribution is 2.21. The van der Waals surface area contributed by atoms with Crippen LogP contribution in [0.3, 0.4) is 0 Å². The lowest BCUT2D eigenvalue weighted by atomic mass is 10.1. The number of ether oxygens (including phenoxy) is 3. The van der Waals surface area contributed by atoms with Crippen LogP contribution in [0, 0.1) is 20.2 Å². The van der Waals surface area contributed by atoms with Gasteiger partial charge in [-0.25, -0.2) is 19.2 Å². The second-order valence-corrected chi connectivity index (χ2v) is 21.2. The van der Waals surface area contributed by atoms with Gasteiger partial charge in [-0.2, -0.15) is 0 Å². The van der Waals surface area contributed by atoms with Crippen LogP contribution in [0.1, 0.15) is 124 Å². The van der Waals surface area contributed by atoms with E-state index < -0.39 is 62.0 Å². The van der Waals surface area contributed by atoms with Gasteiger partial charge in [0.15, 0.2) is 0 Å². The largest absolute Gasteiger partial charge is 0.478 e. The quantitative estimate of drug-likeness (QED) is 0.0115. The van der Waals surface area contributed by atoms with E-state index in [4.69, 9.17) is 48.1 Å². The van der Waals surface area contributed by atoms with Gasteiger partial charge in [-0.3, -0.25) is 44.2 Å². The Morgan fingerprint density at radius 1 is 0.429 bits per heavy atom. The number of rotatable bonds is 15. The first kappa shape index (κ1) is 77.8. The number of hydrogen-bond donors (Lipinski definition) is 11. The van der Waals surface area contributed by atoms with Crippen LogP contribution in [-0.4, -0.2) is 112 Å². The lowest BCUT2D eigenvalue weighted by Gasteiger charge is -2.19. The summed E-state index contributed by atoms with van der Waals surface area (Å²) in [6, 6.07) is 41.6. The highest BCUT2D eigenvalue weighted by atomic mass is 35.5. The number of carbonyl (C=O) groups is 9. The second-order valence-electron chi connectivity index (χ2n) is 20.9. The molecule has 6 rings (SSSR count). The Morgan fingerprint density at radius 2 is 0.703 bits per heavy atom. The molecule has 7 amide bonds. The number of aromatic carboxylic acids is 1. The zero-order valence-corrected chi connectivity index (χ0v) is 52.1.